The number of methoxy groups -OCH3 is 1. The Bertz CT molecular complexity index is 592. The molecule has 0 aliphatic carbocycles. The molecule has 100 valence electrons. The Kier molecular flexibility index (Phi) is 3.70. The number of rotatable bonds is 5. The summed E-state index contributed by atoms with van der Waals surface area (Å²) in [6, 6.07) is 4.58. The highest BCUT2D eigenvalue weighted by Gasteiger charge is 2.13. The molecule has 19 heavy (non-hydrogen) atoms. The monoisotopic (exact) mass is 262 g/mol. The van der Waals surface area contributed by atoms with Crippen LogP contribution in [0.5, 0.6) is 11.5 Å². The van der Waals surface area contributed by atoms with Crippen LogP contribution in [0.3, 0.4) is 0 Å². The third-order valence-corrected chi connectivity index (χ3v) is 2.70. The molecule has 1 aromatic carbocycles. The Morgan fingerprint density at radius 2 is 2.26 bits per heavy atom. The van der Waals surface area contributed by atoms with Gasteiger partial charge in [0.1, 0.15) is 29.5 Å². The number of aromatic nitrogens is 2. The highest BCUT2D eigenvalue weighted by atomic mass is 16.5. The number of benzene rings is 1. The summed E-state index contributed by atoms with van der Waals surface area (Å²) >= 11 is 0. The number of hydrogen-bond acceptors (Lipinski definition) is 4. The third-order valence-electron chi connectivity index (χ3n) is 2.70. The Morgan fingerprint density at radius 1 is 1.47 bits per heavy atom. The second-order valence-electron chi connectivity index (χ2n) is 3.91. The first-order chi connectivity index (χ1) is 9.11. The van der Waals surface area contributed by atoms with Gasteiger partial charge >= 0.3 is 5.97 Å². The molecule has 1 heterocycles. The Balaban J connectivity index is 2.22. The zero-order chi connectivity index (χ0) is 13.8. The Morgan fingerprint density at radius 3 is 2.84 bits per heavy atom. The maximum absolute atomic E-state index is 11.1. The second-order valence-corrected chi connectivity index (χ2v) is 3.91. The van der Waals surface area contributed by atoms with Gasteiger partial charge in [-0.05, 0) is 12.1 Å². The van der Waals surface area contributed by atoms with Crippen LogP contribution >= 0.6 is 0 Å². The van der Waals surface area contributed by atoms with Gasteiger partial charge in [0.15, 0.2) is 0 Å². The largest absolute Gasteiger partial charge is 0.497 e. The van der Waals surface area contributed by atoms with Crippen LogP contribution in [0.2, 0.25) is 0 Å². The van der Waals surface area contributed by atoms with E-state index in [1.54, 1.807) is 29.1 Å². The van der Waals surface area contributed by atoms with Crippen molar-refractivity contribution < 1.29 is 19.4 Å². The lowest BCUT2D eigenvalue weighted by atomic mass is 10.2. The SMILES string of the molecule is COc1ccc(C(=O)O)c(OCc2nccn2C)c1. The van der Waals surface area contributed by atoms with Gasteiger partial charge in [-0.25, -0.2) is 9.78 Å². The van der Waals surface area contributed by atoms with Gasteiger partial charge in [0.25, 0.3) is 0 Å². The van der Waals surface area contributed by atoms with Crippen molar-refractivity contribution in [2.24, 2.45) is 7.05 Å². The zero-order valence-corrected chi connectivity index (χ0v) is 10.7. The van der Waals surface area contributed by atoms with E-state index in [9.17, 15) is 4.79 Å². The number of carboxylic acid groups (broad SMARTS) is 1. The van der Waals surface area contributed by atoms with Gasteiger partial charge in [0.2, 0.25) is 0 Å². The summed E-state index contributed by atoms with van der Waals surface area (Å²) in [5.74, 6) is 0.464. The van der Waals surface area contributed by atoms with E-state index in [2.05, 4.69) is 4.98 Å². The molecule has 2 aromatic rings. The van der Waals surface area contributed by atoms with Crippen LogP contribution in [-0.2, 0) is 13.7 Å². The first-order valence-corrected chi connectivity index (χ1v) is 5.62. The predicted molar refractivity (Wildman–Crippen MR) is 67.5 cm³/mol. The lowest BCUT2D eigenvalue weighted by Gasteiger charge is -2.10. The van der Waals surface area contributed by atoms with E-state index in [0.717, 1.165) is 0 Å². The average molecular weight is 262 g/mol. The molecule has 6 heteroatoms. The molecule has 6 nitrogen and oxygen atoms in total. The number of ether oxygens (including phenoxy) is 2. The molecule has 0 aliphatic rings. The molecule has 1 N–H and O–H groups in total. The van der Waals surface area contributed by atoms with Gasteiger partial charge < -0.3 is 19.1 Å². The van der Waals surface area contributed by atoms with E-state index in [1.807, 2.05) is 7.05 Å². The maximum atomic E-state index is 11.1. The lowest BCUT2D eigenvalue weighted by Crippen LogP contribution is -2.07. The van der Waals surface area contributed by atoms with Crippen LogP contribution in [-0.4, -0.2) is 27.7 Å². The fourth-order valence-electron chi connectivity index (χ4n) is 1.60. The minimum Gasteiger partial charge on any atom is -0.497 e. The van der Waals surface area contributed by atoms with Gasteiger partial charge in [0, 0.05) is 25.5 Å². The molecule has 0 atom stereocenters. The van der Waals surface area contributed by atoms with Crippen molar-refractivity contribution in [2.45, 2.75) is 6.61 Å². The van der Waals surface area contributed by atoms with Gasteiger partial charge in [-0.3, -0.25) is 0 Å². The number of hydrogen-bond donors (Lipinski definition) is 1. The fourth-order valence-corrected chi connectivity index (χ4v) is 1.60. The molecule has 0 spiro atoms. The van der Waals surface area contributed by atoms with Crippen LogP contribution in [0.4, 0.5) is 0 Å². The maximum Gasteiger partial charge on any atom is 0.339 e. The van der Waals surface area contributed by atoms with Crippen LogP contribution in [0.1, 0.15) is 16.2 Å². The summed E-state index contributed by atoms with van der Waals surface area (Å²) in [4.78, 5) is 15.2. The lowest BCUT2D eigenvalue weighted by molar-refractivity contribution is 0.0691. The first-order valence-electron chi connectivity index (χ1n) is 5.62. The van der Waals surface area contributed by atoms with Gasteiger partial charge in [0.05, 0.1) is 7.11 Å². The fraction of sp³-hybridized carbons (Fsp3) is 0.231. The number of carboxylic acids is 1. The first kappa shape index (κ1) is 12.9. The highest BCUT2D eigenvalue weighted by Crippen LogP contribution is 2.25. The smallest absolute Gasteiger partial charge is 0.339 e. The van der Waals surface area contributed by atoms with Crippen molar-refractivity contribution in [1.82, 2.24) is 9.55 Å². The average Bonchev–Trinajstić information content (AvgIpc) is 2.81. The zero-order valence-electron chi connectivity index (χ0n) is 10.7. The number of aryl methyl sites for hydroxylation is 1. The van der Waals surface area contributed by atoms with E-state index >= 15 is 0 Å². The van der Waals surface area contributed by atoms with Crippen molar-refractivity contribution >= 4 is 5.97 Å². The number of imidazole rings is 1. The summed E-state index contributed by atoms with van der Waals surface area (Å²) in [5.41, 5.74) is 0.0926. The van der Waals surface area contributed by atoms with Crippen LogP contribution < -0.4 is 9.47 Å². The molecule has 0 fully saturated rings. The van der Waals surface area contributed by atoms with Crippen molar-refractivity contribution in [3.63, 3.8) is 0 Å². The third kappa shape index (κ3) is 2.85. The van der Waals surface area contributed by atoms with Crippen LogP contribution in [0.15, 0.2) is 30.6 Å². The van der Waals surface area contributed by atoms with E-state index < -0.39 is 5.97 Å². The highest BCUT2D eigenvalue weighted by molar-refractivity contribution is 5.91. The molecular weight excluding hydrogens is 248 g/mol. The molecule has 0 unspecified atom stereocenters. The van der Waals surface area contributed by atoms with E-state index in [0.29, 0.717) is 11.6 Å². The molecular formula is C13H14N2O4. The minimum atomic E-state index is -1.04. The molecule has 0 saturated heterocycles. The van der Waals surface area contributed by atoms with Crippen LogP contribution in [0, 0.1) is 0 Å². The predicted octanol–water partition coefficient (Wildman–Crippen LogP) is 1.71. The minimum absolute atomic E-state index is 0.0926. The van der Waals surface area contributed by atoms with Crippen LogP contribution in [0.25, 0.3) is 0 Å². The van der Waals surface area contributed by atoms with Crippen molar-refractivity contribution in [3.05, 3.63) is 42.0 Å². The topological polar surface area (TPSA) is 73.6 Å². The Labute approximate surface area is 110 Å². The van der Waals surface area contributed by atoms with Crippen molar-refractivity contribution in [3.8, 4) is 11.5 Å². The molecule has 0 saturated carbocycles. The number of carbonyl (C=O) groups is 1. The quantitative estimate of drug-likeness (QED) is 0.887. The van der Waals surface area contributed by atoms with E-state index in [-0.39, 0.29) is 17.9 Å². The summed E-state index contributed by atoms with van der Waals surface area (Å²) in [6.07, 6.45) is 3.45. The van der Waals surface area contributed by atoms with E-state index in [4.69, 9.17) is 14.6 Å². The molecule has 0 amide bonds. The summed E-state index contributed by atoms with van der Waals surface area (Å²) in [7, 11) is 3.35. The molecule has 2 rings (SSSR count). The summed E-state index contributed by atoms with van der Waals surface area (Å²) in [5, 5.41) is 9.10. The van der Waals surface area contributed by atoms with Crippen molar-refractivity contribution in [2.75, 3.05) is 7.11 Å². The normalized spacial score (nSPS) is 10.2. The van der Waals surface area contributed by atoms with Gasteiger partial charge in [-0.2, -0.15) is 0 Å². The number of aromatic carboxylic acids is 1. The molecule has 1 aromatic heterocycles. The Hall–Kier alpha value is -2.50. The summed E-state index contributed by atoms with van der Waals surface area (Å²) < 4.78 is 12.4. The standard InChI is InChI=1S/C13H14N2O4/c1-15-6-5-14-12(15)8-19-11-7-9(18-2)3-4-10(11)13(16)17/h3-7H,8H2,1-2H3,(H,16,17). The van der Waals surface area contributed by atoms with Gasteiger partial charge in [-0.15, -0.1) is 0 Å². The molecule has 0 bridgehead atoms. The molecule has 0 radical (unpaired) electrons. The second kappa shape index (κ2) is 5.43. The van der Waals surface area contributed by atoms with E-state index in [1.165, 1.54) is 13.2 Å². The molecule has 0 aliphatic heterocycles. The number of nitrogens with zero attached hydrogens (tertiary/aromatic N) is 2. The summed E-state index contributed by atoms with van der Waals surface area (Å²) in [6.45, 7) is 0.191. The van der Waals surface area contributed by atoms with Gasteiger partial charge in [-0.1, -0.05) is 0 Å². The van der Waals surface area contributed by atoms with Crippen molar-refractivity contribution in [1.29, 1.82) is 0 Å².